The molecule has 0 aromatic heterocycles. The number of carbonyl (C=O) groups is 1. The summed E-state index contributed by atoms with van der Waals surface area (Å²) >= 11 is 0. The molecule has 1 rings (SSSR count). The standard InChI is InChI=1S/C8H16N2O2/c1-6-7(3-2-4-10-6)12-5-8(9)11/h6-7,10H,2-5H2,1H3,(H2,9,11). The number of piperidine rings is 1. The lowest BCUT2D eigenvalue weighted by Crippen LogP contribution is -2.44. The second-order valence-electron chi connectivity index (χ2n) is 3.20. The summed E-state index contributed by atoms with van der Waals surface area (Å²) in [5.41, 5.74) is 4.97. The van der Waals surface area contributed by atoms with E-state index in [1.807, 2.05) is 0 Å². The van der Waals surface area contributed by atoms with Crippen LogP contribution in [-0.4, -0.2) is 31.2 Å². The Kier molecular flexibility index (Phi) is 3.49. The summed E-state index contributed by atoms with van der Waals surface area (Å²) in [6.45, 7) is 3.14. The van der Waals surface area contributed by atoms with Crippen molar-refractivity contribution in [1.29, 1.82) is 0 Å². The maximum absolute atomic E-state index is 10.4. The van der Waals surface area contributed by atoms with E-state index in [0.717, 1.165) is 19.4 Å². The van der Waals surface area contributed by atoms with Gasteiger partial charge in [0.25, 0.3) is 0 Å². The molecule has 1 fully saturated rings. The number of ether oxygens (including phenoxy) is 1. The van der Waals surface area contributed by atoms with E-state index < -0.39 is 5.91 Å². The molecule has 0 aromatic carbocycles. The third-order valence-electron chi connectivity index (χ3n) is 2.13. The molecule has 0 aliphatic carbocycles. The van der Waals surface area contributed by atoms with Gasteiger partial charge in [-0.3, -0.25) is 4.79 Å². The molecule has 12 heavy (non-hydrogen) atoms. The molecule has 1 aliphatic heterocycles. The number of hydrogen-bond acceptors (Lipinski definition) is 3. The van der Waals surface area contributed by atoms with Gasteiger partial charge < -0.3 is 15.8 Å². The summed E-state index contributed by atoms with van der Waals surface area (Å²) in [5, 5.41) is 3.28. The van der Waals surface area contributed by atoms with Crippen molar-refractivity contribution in [3.63, 3.8) is 0 Å². The summed E-state index contributed by atoms with van der Waals surface area (Å²) in [7, 11) is 0. The van der Waals surface area contributed by atoms with Crippen LogP contribution >= 0.6 is 0 Å². The Morgan fingerprint density at radius 2 is 2.50 bits per heavy atom. The quantitative estimate of drug-likeness (QED) is 0.610. The zero-order valence-electron chi connectivity index (χ0n) is 7.38. The normalized spacial score (nSPS) is 30.1. The first-order valence-electron chi connectivity index (χ1n) is 4.33. The molecule has 0 spiro atoms. The molecule has 1 saturated heterocycles. The molecule has 0 aromatic rings. The van der Waals surface area contributed by atoms with Crippen molar-refractivity contribution in [3.8, 4) is 0 Å². The first-order valence-corrected chi connectivity index (χ1v) is 4.33. The zero-order chi connectivity index (χ0) is 8.97. The van der Waals surface area contributed by atoms with Gasteiger partial charge in [0.15, 0.2) is 0 Å². The molecule has 3 N–H and O–H groups in total. The molecule has 1 amide bonds. The van der Waals surface area contributed by atoms with Gasteiger partial charge >= 0.3 is 0 Å². The SMILES string of the molecule is CC1NCCCC1OCC(N)=O. The van der Waals surface area contributed by atoms with Gasteiger partial charge in [0.1, 0.15) is 6.61 Å². The van der Waals surface area contributed by atoms with Gasteiger partial charge in [-0.1, -0.05) is 0 Å². The van der Waals surface area contributed by atoms with Crippen molar-refractivity contribution in [2.45, 2.75) is 31.9 Å². The highest BCUT2D eigenvalue weighted by molar-refractivity contribution is 5.75. The molecule has 70 valence electrons. The van der Waals surface area contributed by atoms with Gasteiger partial charge in [-0.05, 0) is 26.3 Å². The minimum atomic E-state index is -0.396. The van der Waals surface area contributed by atoms with Gasteiger partial charge in [-0.15, -0.1) is 0 Å². The molecular weight excluding hydrogens is 156 g/mol. The topological polar surface area (TPSA) is 64.3 Å². The zero-order valence-corrected chi connectivity index (χ0v) is 7.38. The van der Waals surface area contributed by atoms with Crippen molar-refractivity contribution >= 4 is 5.91 Å². The fraction of sp³-hybridized carbons (Fsp3) is 0.875. The van der Waals surface area contributed by atoms with Gasteiger partial charge in [0.05, 0.1) is 6.10 Å². The van der Waals surface area contributed by atoms with Gasteiger partial charge in [-0.2, -0.15) is 0 Å². The summed E-state index contributed by atoms with van der Waals surface area (Å²) in [6, 6.07) is 0.332. The van der Waals surface area contributed by atoms with E-state index in [1.54, 1.807) is 0 Å². The number of primary amides is 1. The number of amides is 1. The Bertz CT molecular complexity index is 161. The van der Waals surface area contributed by atoms with E-state index in [9.17, 15) is 4.79 Å². The second-order valence-corrected chi connectivity index (χ2v) is 3.20. The molecular formula is C8H16N2O2. The molecule has 2 unspecified atom stereocenters. The Balaban J connectivity index is 2.24. The molecule has 0 radical (unpaired) electrons. The van der Waals surface area contributed by atoms with E-state index >= 15 is 0 Å². The number of carbonyl (C=O) groups excluding carboxylic acids is 1. The van der Waals surface area contributed by atoms with Gasteiger partial charge in [0.2, 0.25) is 5.91 Å². The average molecular weight is 172 g/mol. The third kappa shape index (κ3) is 2.79. The average Bonchev–Trinajstić information content (AvgIpc) is 2.03. The van der Waals surface area contributed by atoms with Crippen LogP contribution in [0.1, 0.15) is 19.8 Å². The minimum Gasteiger partial charge on any atom is -0.368 e. The molecule has 0 saturated carbocycles. The molecule has 2 atom stereocenters. The van der Waals surface area contributed by atoms with E-state index in [1.165, 1.54) is 0 Å². The van der Waals surface area contributed by atoms with Crippen LogP contribution < -0.4 is 11.1 Å². The first-order chi connectivity index (χ1) is 5.70. The van der Waals surface area contributed by atoms with Crippen molar-refractivity contribution < 1.29 is 9.53 Å². The molecule has 1 aliphatic rings. The summed E-state index contributed by atoms with van der Waals surface area (Å²) < 4.78 is 5.32. The van der Waals surface area contributed by atoms with Crippen LogP contribution in [0.25, 0.3) is 0 Å². The third-order valence-corrected chi connectivity index (χ3v) is 2.13. The monoisotopic (exact) mass is 172 g/mol. The van der Waals surface area contributed by atoms with Crippen LogP contribution in [0.3, 0.4) is 0 Å². The summed E-state index contributed by atoms with van der Waals surface area (Å²) in [4.78, 5) is 10.4. The Hall–Kier alpha value is -0.610. The van der Waals surface area contributed by atoms with Crippen LogP contribution in [0.2, 0.25) is 0 Å². The van der Waals surface area contributed by atoms with Crippen molar-refractivity contribution in [3.05, 3.63) is 0 Å². The van der Waals surface area contributed by atoms with Gasteiger partial charge in [-0.25, -0.2) is 0 Å². The summed E-state index contributed by atoms with van der Waals surface area (Å²) in [6.07, 6.45) is 2.26. The molecule has 4 nitrogen and oxygen atoms in total. The largest absolute Gasteiger partial charge is 0.368 e. The molecule has 0 bridgehead atoms. The van der Waals surface area contributed by atoms with Crippen molar-refractivity contribution in [2.24, 2.45) is 5.73 Å². The summed E-state index contributed by atoms with van der Waals surface area (Å²) in [5.74, 6) is -0.396. The Morgan fingerprint density at radius 1 is 1.75 bits per heavy atom. The lowest BCUT2D eigenvalue weighted by Gasteiger charge is -2.29. The van der Waals surface area contributed by atoms with E-state index in [0.29, 0.717) is 6.04 Å². The van der Waals surface area contributed by atoms with Crippen molar-refractivity contribution in [2.75, 3.05) is 13.2 Å². The van der Waals surface area contributed by atoms with Crippen LogP contribution in [0, 0.1) is 0 Å². The van der Waals surface area contributed by atoms with Crippen molar-refractivity contribution in [1.82, 2.24) is 5.32 Å². The molecule has 1 heterocycles. The van der Waals surface area contributed by atoms with E-state index in [2.05, 4.69) is 12.2 Å². The number of nitrogens with two attached hydrogens (primary N) is 1. The lowest BCUT2D eigenvalue weighted by molar-refractivity contribution is -0.125. The second kappa shape index (κ2) is 4.42. The fourth-order valence-corrected chi connectivity index (χ4v) is 1.43. The van der Waals surface area contributed by atoms with Crippen LogP contribution in [-0.2, 0) is 9.53 Å². The first kappa shape index (κ1) is 9.48. The fourth-order valence-electron chi connectivity index (χ4n) is 1.43. The van der Waals surface area contributed by atoms with Crippen LogP contribution in [0.4, 0.5) is 0 Å². The Labute approximate surface area is 72.5 Å². The highest BCUT2D eigenvalue weighted by atomic mass is 16.5. The lowest BCUT2D eigenvalue weighted by atomic mass is 10.0. The van der Waals surface area contributed by atoms with E-state index in [4.69, 9.17) is 10.5 Å². The maximum atomic E-state index is 10.4. The van der Waals surface area contributed by atoms with Crippen LogP contribution in [0.5, 0.6) is 0 Å². The smallest absolute Gasteiger partial charge is 0.243 e. The highest BCUT2D eigenvalue weighted by Crippen LogP contribution is 2.11. The number of nitrogens with one attached hydrogen (secondary N) is 1. The number of hydrogen-bond donors (Lipinski definition) is 2. The maximum Gasteiger partial charge on any atom is 0.243 e. The highest BCUT2D eigenvalue weighted by Gasteiger charge is 2.21. The van der Waals surface area contributed by atoms with Crippen LogP contribution in [0.15, 0.2) is 0 Å². The van der Waals surface area contributed by atoms with Gasteiger partial charge in [0, 0.05) is 6.04 Å². The predicted molar refractivity (Wildman–Crippen MR) is 45.6 cm³/mol. The van der Waals surface area contributed by atoms with E-state index in [-0.39, 0.29) is 12.7 Å². The number of rotatable bonds is 3. The predicted octanol–water partition coefficient (Wildman–Crippen LogP) is -0.371. The molecule has 4 heteroatoms. The Morgan fingerprint density at radius 3 is 3.08 bits per heavy atom. The minimum absolute atomic E-state index is 0.0384.